The minimum atomic E-state index is -1.53. The maximum Gasteiger partial charge on any atom is 0.408 e. The molecule has 0 aliphatic carbocycles. The molecule has 0 bridgehead atoms. The highest BCUT2D eigenvalue weighted by Crippen LogP contribution is 2.10. The molecule has 0 aromatic carbocycles. The molecular formula is C23H40N4O10. The molecule has 0 fully saturated rings. The zero-order valence-corrected chi connectivity index (χ0v) is 21.5. The number of carbonyl (C=O) groups is 6. The molecule has 0 heterocycles. The molecule has 14 heteroatoms. The van der Waals surface area contributed by atoms with Crippen LogP contribution in [-0.4, -0.2) is 81.4 Å². The lowest BCUT2D eigenvalue weighted by atomic mass is 10.0. The number of aliphatic carboxylic acids is 3. The number of rotatable bonds is 19. The second kappa shape index (κ2) is 17.9. The van der Waals surface area contributed by atoms with Gasteiger partial charge in [-0.1, -0.05) is 33.1 Å². The molecule has 0 unspecified atom stereocenters. The van der Waals surface area contributed by atoms with E-state index in [0.717, 1.165) is 19.3 Å². The van der Waals surface area contributed by atoms with E-state index in [2.05, 4.69) is 16.0 Å². The minimum absolute atomic E-state index is 0.0205. The van der Waals surface area contributed by atoms with Crippen LogP contribution >= 0.6 is 0 Å². The third-order valence-corrected chi connectivity index (χ3v) is 5.54. The average molecular weight is 533 g/mol. The molecular weight excluding hydrogens is 492 g/mol. The number of hydrogen-bond donors (Lipinski definition) is 7. The van der Waals surface area contributed by atoms with Crippen LogP contribution in [0.5, 0.6) is 0 Å². The van der Waals surface area contributed by atoms with E-state index in [1.165, 1.54) is 6.92 Å². The van der Waals surface area contributed by atoms with Crippen molar-refractivity contribution in [3.63, 3.8) is 0 Å². The van der Waals surface area contributed by atoms with Gasteiger partial charge in [0.25, 0.3) is 0 Å². The summed E-state index contributed by atoms with van der Waals surface area (Å²) in [6.45, 7) is 4.78. The summed E-state index contributed by atoms with van der Waals surface area (Å²) in [6.07, 6.45) is 1.02. The molecule has 0 aliphatic rings. The molecule has 0 saturated carbocycles. The SMILES string of the molecule is CCCCCCC(=O)N[C@@H](C(=O)O)[C@@H](CC)OC(=O)N[C@@H](CCC[C@@H](N)C(=O)O)C(=O)N[C@H](C)C(=O)O. The maximum atomic E-state index is 12.6. The summed E-state index contributed by atoms with van der Waals surface area (Å²) in [5.74, 6) is -5.33. The Morgan fingerprint density at radius 2 is 1.46 bits per heavy atom. The number of hydrogen-bond acceptors (Lipinski definition) is 8. The van der Waals surface area contributed by atoms with E-state index >= 15 is 0 Å². The monoisotopic (exact) mass is 532 g/mol. The van der Waals surface area contributed by atoms with Crippen LogP contribution in [0, 0.1) is 0 Å². The fourth-order valence-corrected chi connectivity index (χ4v) is 3.28. The van der Waals surface area contributed by atoms with Crippen molar-refractivity contribution in [2.45, 2.75) is 109 Å². The third-order valence-electron chi connectivity index (χ3n) is 5.54. The fourth-order valence-electron chi connectivity index (χ4n) is 3.28. The summed E-state index contributed by atoms with van der Waals surface area (Å²) in [6, 6.07) is -5.31. The average Bonchev–Trinajstić information content (AvgIpc) is 2.82. The van der Waals surface area contributed by atoms with Crippen LogP contribution in [0.3, 0.4) is 0 Å². The molecule has 0 aromatic heterocycles. The number of ether oxygens (including phenoxy) is 1. The Bertz CT molecular complexity index is 791. The number of amides is 3. The Hall–Kier alpha value is -3.42. The van der Waals surface area contributed by atoms with Gasteiger partial charge in [0.05, 0.1) is 0 Å². The minimum Gasteiger partial charge on any atom is -0.480 e. The standard InChI is InChI=1S/C23H40N4O10/c1-4-6-7-8-12-17(28)27-18(22(34)35)16(5-2)37-23(36)26-15(11-9-10-14(24)21(32)33)19(29)25-13(3)20(30)31/h13-16,18H,4-12,24H2,1-3H3,(H,25,29)(H,26,36)(H,27,28)(H,30,31)(H,32,33)(H,34,35)/t13-,14-,15+,16-,18-/m1/s1. The Labute approximate surface area is 215 Å². The van der Waals surface area contributed by atoms with Gasteiger partial charge >= 0.3 is 24.0 Å². The van der Waals surface area contributed by atoms with Crippen LogP contribution in [0.25, 0.3) is 0 Å². The van der Waals surface area contributed by atoms with E-state index in [0.29, 0.717) is 6.42 Å². The van der Waals surface area contributed by atoms with Crippen molar-refractivity contribution in [3.05, 3.63) is 0 Å². The molecule has 0 rings (SSSR count). The van der Waals surface area contributed by atoms with Crippen LogP contribution in [0.4, 0.5) is 4.79 Å². The van der Waals surface area contributed by atoms with Crippen molar-refractivity contribution in [2.75, 3.05) is 0 Å². The Morgan fingerprint density at radius 3 is 1.97 bits per heavy atom. The van der Waals surface area contributed by atoms with Gasteiger partial charge in [-0.3, -0.25) is 19.2 Å². The maximum absolute atomic E-state index is 12.6. The molecule has 0 spiro atoms. The molecule has 0 saturated heterocycles. The van der Waals surface area contributed by atoms with Gasteiger partial charge in [-0.25, -0.2) is 9.59 Å². The van der Waals surface area contributed by atoms with Gasteiger partial charge in [0.15, 0.2) is 6.04 Å². The second-order valence-electron chi connectivity index (χ2n) is 8.69. The summed E-state index contributed by atoms with van der Waals surface area (Å²) in [4.78, 5) is 71.0. The molecule has 14 nitrogen and oxygen atoms in total. The summed E-state index contributed by atoms with van der Waals surface area (Å²) < 4.78 is 5.21. The summed E-state index contributed by atoms with van der Waals surface area (Å²) in [7, 11) is 0. The number of carbonyl (C=O) groups excluding carboxylic acids is 3. The van der Waals surface area contributed by atoms with E-state index in [4.69, 9.17) is 20.7 Å². The topological polar surface area (TPSA) is 234 Å². The molecule has 0 radical (unpaired) electrons. The van der Waals surface area contributed by atoms with Crippen molar-refractivity contribution in [1.29, 1.82) is 0 Å². The highest BCUT2D eigenvalue weighted by molar-refractivity contribution is 5.89. The number of nitrogens with two attached hydrogens (primary N) is 1. The molecule has 8 N–H and O–H groups in total. The first-order valence-corrected chi connectivity index (χ1v) is 12.3. The largest absolute Gasteiger partial charge is 0.480 e. The van der Waals surface area contributed by atoms with Crippen molar-refractivity contribution >= 4 is 35.8 Å². The third kappa shape index (κ3) is 14.0. The zero-order valence-electron chi connectivity index (χ0n) is 21.5. The van der Waals surface area contributed by atoms with E-state index in [9.17, 15) is 33.9 Å². The van der Waals surface area contributed by atoms with Crippen LogP contribution in [0.15, 0.2) is 0 Å². The number of alkyl carbamates (subject to hydrolysis) is 1. The summed E-state index contributed by atoms with van der Waals surface area (Å²) in [5.41, 5.74) is 5.45. The molecule has 5 atom stereocenters. The van der Waals surface area contributed by atoms with E-state index < -0.39 is 66.1 Å². The number of carboxylic acid groups (broad SMARTS) is 3. The second-order valence-corrected chi connectivity index (χ2v) is 8.69. The zero-order chi connectivity index (χ0) is 28.5. The first-order valence-electron chi connectivity index (χ1n) is 12.3. The number of carboxylic acids is 3. The van der Waals surface area contributed by atoms with Crippen LogP contribution < -0.4 is 21.7 Å². The van der Waals surface area contributed by atoms with Gasteiger partial charge < -0.3 is 41.7 Å². The van der Waals surface area contributed by atoms with Gasteiger partial charge in [-0.05, 0) is 39.0 Å². The predicted molar refractivity (Wildman–Crippen MR) is 131 cm³/mol. The molecule has 3 amide bonds. The molecule has 0 aromatic rings. The van der Waals surface area contributed by atoms with Crippen LogP contribution in [0.2, 0.25) is 0 Å². The molecule has 0 aliphatic heterocycles. The van der Waals surface area contributed by atoms with Gasteiger partial charge in [-0.15, -0.1) is 0 Å². The number of unbranched alkanes of at least 4 members (excludes halogenated alkanes) is 3. The smallest absolute Gasteiger partial charge is 0.408 e. The fraction of sp³-hybridized carbons (Fsp3) is 0.739. The highest BCUT2D eigenvalue weighted by atomic mass is 16.6. The summed E-state index contributed by atoms with van der Waals surface area (Å²) >= 11 is 0. The normalized spacial score (nSPS) is 14.8. The van der Waals surface area contributed by atoms with Crippen molar-refractivity contribution < 1.29 is 48.8 Å². The van der Waals surface area contributed by atoms with Gasteiger partial charge in [0.1, 0.15) is 24.2 Å². The van der Waals surface area contributed by atoms with E-state index in [1.54, 1.807) is 6.92 Å². The lowest BCUT2D eigenvalue weighted by molar-refractivity contribution is -0.145. The van der Waals surface area contributed by atoms with Crippen LogP contribution in [0.1, 0.15) is 78.6 Å². The van der Waals surface area contributed by atoms with Crippen LogP contribution in [-0.2, 0) is 28.7 Å². The van der Waals surface area contributed by atoms with E-state index in [-0.39, 0.29) is 32.1 Å². The number of nitrogens with one attached hydrogen (secondary N) is 3. The van der Waals surface area contributed by atoms with Gasteiger partial charge in [0, 0.05) is 6.42 Å². The van der Waals surface area contributed by atoms with Gasteiger partial charge in [0.2, 0.25) is 11.8 Å². The lowest BCUT2D eigenvalue weighted by Crippen LogP contribution is -2.54. The van der Waals surface area contributed by atoms with Crippen molar-refractivity contribution in [1.82, 2.24) is 16.0 Å². The van der Waals surface area contributed by atoms with Crippen molar-refractivity contribution in [3.8, 4) is 0 Å². The Balaban J connectivity index is 5.30. The summed E-state index contributed by atoms with van der Waals surface area (Å²) in [5, 5.41) is 34.3. The highest BCUT2D eigenvalue weighted by Gasteiger charge is 2.33. The quantitative estimate of drug-likeness (QED) is 0.114. The molecule has 212 valence electrons. The Kier molecular flexibility index (Phi) is 16.3. The molecule has 37 heavy (non-hydrogen) atoms. The first-order chi connectivity index (χ1) is 17.3. The van der Waals surface area contributed by atoms with Gasteiger partial charge in [-0.2, -0.15) is 0 Å². The van der Waals surface area contributed by atoms with E-state index in [1.807, 2.05) is 6.92 Å². The van der Waals surface area contributed by atoms with Crippen molar-refractivity contribution in [2.24, 2.45) is 5.73 Å². The predicted octanol–water partition coefficient (Wildman–Crippen LogP) is 0.571. The Morgan fingerprint density at radius 1 is 0.811 bits per heavy atom. The first kappa shape index (κ1) is 33.6. The lowest BCUT2D eigenvalue weighted by Gasteiger charge is -2.26.